The van der Waals surface area contributed by atoms with Gasteiger partial charge in [0, 0.05) is 45.3 Å². The molecule has 5 heteroatoms. The Bertz CT molecular complexity index is 316. The Morgan fingerprint density at radius 2 is 1.60 bits per heavy atom. The predicted molar refractivity (Wildman–Crippen MR) is 79.7 cm³/mol. The quantitative estimate of drug-likeness (QED) is 0.788. The number of nitrogens with zero attached hydrogens (tertiary/aromatic N) is 3. The van der Waals surface area contributed by atoms with E-state index in [0.717, 1.165) is 45.3 Å². The minimum absolute atomic E-state index is 0.340. The summed E-state index contributed by atoms with van der Waals surface area (Å²) >= 11 is 0. The van der Waals surface area contributed by atoms with Crippen molar-refractivity contribution in [1.29, 1.82) is 0 Å². The van der Waals surface area contributed by atoms with E-state index in [1.807, 2.05) is 0 Å². The molecule has 3 fully saturated rings. The summed E-state index contributed by atoms with van der Waals surface area (Å²) in [5, 5.41) is 3.33. The van der Waals surface area contributed by atoms with E-state index in [4.69, 9.17) is 0 Å². The van der Waals surface area contributed by atoms with Gasteiger partial charge in [-0.25, -0.2) is 0 Å². The number of likely N-dealkylation sites (tertiary alicyclic amines) is 2. The molecule has 0 aromatic heterocycles. The summed E-state index contributed by atoms with van der Waals surface area (Å²) in [6, 6.07) is 0.737. The summed E-state index contributed by atoms with van der Waals surface area (Å²) in [5.74, 6) is 0.340. The molecule has 0 aromatic carbocycles. The summed E-state index contributed by atoms with van der Waals surface area (Å²) in [6.45, 7) is 9.16. The molecule has 0 spiro atoms. The minimum Gasteiger partial charge on any atom is -0.341 e. The molecule has 3 rings (SSSR count). The van der Waals surface area contributed by atoms with Gasteiger partial charge in [0.2, 0.25) is 5.91 Å². The SMILES string of the molecule is O=C(CN1CCNCC1)N1CCC(N2CCCC2)CC1. The fourth-order valence-corrected chi connectivity index (χ4v) is 3.75. The van der Waals surface area contributed by atoms with Crippen LogP contribution in [0.3, 0.4) is 0 Å². The number of piperazine rings is 1. The van der Waals surface area contributed by atoms with E-state index in [1.54, 1.807) is 0 Å². The maximum absolute atomic E-state index is 12.3. The highest BCUT2D eigenvalue weighted by Crippen LogP contribution is 2.21. The Morgan fingerprint density at radius 3 is 2.25 bits per heavy atom. The van der Waals surface area contributed by atoms with Crippen LogP contribution in [0.25, 0.3) is 0 Å². The molecular formula is C15H28N4O. The zero-order valence-electron chi connectivity index (χ0n) is 12.5. The standard InChI is InChI=1S/C15H28N4O/c20-15(13-17-11-5-16-6-12-17)19-9-3-14(4-10-19)18-7-1-2-8-18/h14,16H,1-13H2. The molecule has 5 nitrogen and oxygen atoms in total. The Morgan fingerprint density at radius 1 is 0.950 bits per heavy atom. The van der Waals surface area contributed by atoms with E-state index in [-0.39, 0.29) is 0 Å². The molecular weight excluding hydrogens is 252 g/mol. The molecule has 0 atom stereocenters. The van der Waals surface area contributed by atoms with Gasteiger partial charge in [-0.05, 0) is 38.8 Å². The van der Waals surface area contributed by atoms with Crippen molar-refractivity contribution in [3.8, 4) is 0 Å². The van der Waals surface area contributed by atoms with E-state index in [2.05, 4.69) is 20.0 Å². The van der Waals surface area contributed by atoms with E-state index in [9.17, 15) is 4.79 Å². The van der Waals surface area contributed by atoms with Crippen LogP contribution in [0.15, 0.2) is 0 Å². The van der Waals surface area contributed by atoms with Gasteiger partial charge in [-0.1, -0.05) is 0 Å². The lowest BCUT2D eigenvalue weighted by Gasteiger charge is -2.37. The topological polar surface area (TPSA) is 38.8 Å². The Labute approximate surface area is 122 Å². The lowest BCUT2D eigenvalue weighted by Crippen LogP contribution is -2.51. The first-order valence-corrected chi connectivity index (χ1v) is 8.28. The number of carbonyl (C=O) groups is 1. The van der Waals surface area contributed by atoms with Crippen LogP contribution in [0.2, 0.25) is 0 Å². The number of hydrogen-bond acceptors (Lipinski definition) is 4. The molecule has 1 N–H and O–H groups in total. The van der Waals surface area contributed by atoms with Gasteiger partial charge in [0.1, 0.15) is 0 Å². The lowest BCUT2D eigenvalue weighted by atomic mass is 10.0. The van der Waals surface area contributed by atoms with E-state index in [0.29, 0.717) is 12.5 Å². The fraction of sp³-hybridized carbons (Fsp3) is 0.933. The van der Waals surface area contributed by atoms with Crippen molar-refractivity contribution in [3.05, 3.63) is 0 Å². The molecule has 1 amide bonds. The van der Waals surface area contributed by atoms with Crippen molar-refractivity contribution in [3.63, 3.8) is 0 Å². The number of nitrogens with one attached hydrogen (secondary N) is 1. The van der Waals surface area contributed by atoms with E-state index >= 15 is 0 Å². The second-order valence-corrected chi connectivity index (χ2v) is 6.38. The van der Waals surface area contributed by atoms with E-state index in [1.165, 1.54) is 38.8 Å². The molecule has 0 aliphatic carbocycles. The first-order chi connectivity index (χ1) is 9.83. The number of carbonyl (C=O) groups excluding carboxylic acids is 1. The van der Waals surface area contributed by atoms with Crippen molar-refractivity contribution in [1.82, 2.24) is 20.0 Å². The third kappa shape index (κ3) is 3.51. The Kier molecular flexibility index (Phi) is 4.91. The van der Waals surface area contributed by atoms with Crippen molar-refractivity contribution < 1.29 is 4.79 Å². The molecule has 0 unspecified atom stereocenters. The zero-order chi connectivity index (χ0) is 13.8. The molecule has 0 aromatic rings. The number of rotatable bonds is 3. The van der Waals surface area contributed by atoms with Crippen molar-refractivity contribution in [2.24, 2.45) is 0 Å². The van der Waals surface area contributed by atoms with Crippen LogP contribution in [0.1, 0.15) is 25.7 Å². The minimum atomic E-state index is 0.340. The van der Waals surface area contributed by atoms with Crippen LogP contribution in [0, 0.1) is 0 Å². The average Bonchev–Trinajstić information content (AvgIpc) is 3.03. The number of hydrogen-bond donors (Lipinski definition) is 1. The number of piperidine rings is 1. The highest BCUT2D eigenvalue weighted by molar-refractivity contribution is 5.78. The van der Waals surface area contributed by atoms with Crippen LogP contribution in [-0.2, 0) is 4.79 Å². The maximum atomic E-state index is 12.3. The normalized spacial score (nSPS) is 27.1. The van der Waals surface area contributed by atoms with Crippen LogP contribution < -0.4 is 5.32 Å². The monoisotopic (exact) mass is 280 g/mol. The molecule has 20 heavy (non-hydrogen) atoms. The number of amides is 1. The lowest BCUT2D eigenvalue weighted by molar-refractivity contribution is -0.134. The molecule has 3 aliphatic rings. The average molecular weight is 280 g/mol. The van der Waals surface area contributed by atoms with Gasteiger partial charge in [-0.2, -0.15) is 0 Å². The first-order valence-electron chi connectivity index (χ1n) is 8.28. The second kappa shape index (κ2) is 6.87. The Hall–Kier alpha value is -0.650. The van der Waals surface area contributed by atoms with E-state index < -0.39 is 0 Å². The summed E-state index contributed by atoms with van der Waals surface area (Å²) in [6.07, 6.45) is 5.07. The largest absolute Gasteiger partial charge is 0.341 e. The van der Waals surface area contributed by atoms with Crippen molar-refractivity contribution in [2.45, 2.75) is 31.7 Å². The first kappa shape index (κ1) is 14.3. The summed E-state index contributed by atoms with van der Waals surface area (Å²) in [7, 11) is 0. The third-order valence-corrected chi connectivity index (χ3v) is 5.04. The van der Waals surface area contributed by atoms with Gasteiger partial charge in [-0.3, -0.25) is 9.69 Å². The molecule has 0 radical (unpaired) electrons. The van der Waals surface area contributed by atoms with Gasteiger partial charge < -0.3 is 15.1 Å². The van der Waals surface area contributed by atoms with Gasteiger partial charge in [-0.15, -0.1) is 0 Å². The van der Waals surface area contributed by atoms with Crippen LogP contribution >= 0.6 is 0 Å². The highest BCUT2D eigenvalue weighted by atomic mass is 16.2. The van der Waals surface area contributed by atoms with Crippen molar-refractivity contribution >= 4 is 5.91 Å². The third-order valence-electron chi connectivity index (χ3n) is 5.04. The Balaban J connectivity index is 1.41. The highest BCUT2D eigenvalue weighted by Gasteiger charge is 2.28. The predicted octanol–water partition coefficient (Wildman–Crippen LogP) is -0.0216. The maximum Gasteiger partial charge on any atom is 0.236 e. The smallest absolute Gasteiger partial charge is 0.236 e. The van der Waals surface area contributed by atoms with Gasteiger partial charge in [0.15, 0.2) is 0 Å². The molecule has 3 aliphatic heterocycles. The summed E-state index contributed by atoms with van der Waals surface area (Å²) in [4.78, 5) is 19.4. The molecule has 0 bridgehead atoms. The van der Waals surface area contributed by atoms with Crippen LogP contribution in [-0.4, -0.2) is 85.6 Å². The van der Waals surface area contributed by atoms with Gasteiger partial charge >= 0.3 is 0 Å². The van der Waals surface area contributed by atoms with Crippen LogP contribution in [0.5, 0.6) is 0 Å². The second-order valence-electron chi connectivity index (χ2n) is 6.38. The fourth-order valence-electron chi connectivity index (χ4n) is 3.75. The summed E-state index contributed by atoms with van der Waals surface area (Å²) < 4.78 is 0. The molecule has 3 saturated heterocycles. The molecule has 3 heterocycles. The molecule has 0 saturated carbocycles. The van der Waals surface area contributed by atoms with Crippen LogP contribution in [0.4, 0.5) is 0 Å². The van der Waals surface area contributed by atoms with Gasteiger partial charge in [0.25, 0.3) is 0 Å². The summed E-state index contributed by atoms with van der Waals surface area (Å²) in [5.41, 5.74) is 0. The zero-order valence-corrected chi connectivity index (χ0v) is 12.5. The van der Waals surface area contributed by atoms with Crippen molar-refractivity contribution in [2.75, 3.05) is 58.9 Å². The molecule has 114 valence electrons. The van der Waals surface area contributed by atoms with Gasteiger partial charge in [0.05, 0.1) is 6.54 Å².